The van der Waals surface area contributed by atoms with E-state index in [1.165, 1.54) is 11.3 Å². The van der Waals surface area contributed by atoms with Gasteiger partial charge >= 0.3 is 5.97 Å². The minimum absolute atomic E-state index is 0.00436. The van der Waals surface area contributed by atoms with Crippen LogP contribution in [0, 0.1) is 5.92 Å². The molecule has 1 aliphatic heterocycles. The molecule has 2 heterocycles. The van der Waals surface area contributed by atoms with Crippen LogP contribution >= 0.6 is 11.3 Å². The molecular weight excluding hydrogens is 328 g/mol. The number of nitrogens with zero attached hydrogens (tertiary/aromatic N) is 1. The molecule has 1 saturated heterocycles. The summed E-state index contributed by atoms with van der Waals surface area (Å²) in [7, 11) is 0. The van der Waals surface area contributed by atoms with Crippen LogP contribution < -0.4 is 5.32 Å². The molecule has 1 aliphatic carbocycles. The average Bonchev–Trinajstić information content (AvgIpc) is 3.19. The summed E-state index contributed by atoms with van der Waals surface area (Å²) in [6.07, 6.45) is 8.94. The van der Waals surface area contributed by atoms with Gasteiger partial charge in [-0.05, 0) is 25.7 Å². The second kappa shape index (κ2) is 8.07. The van der Waals surface area contributed by atoms with Gasteiger partial charge in [-0.1, -0.05) is 25.7 Å². The maximum atomic E-state index is 12.5. The van der Waals surface area contributed by atoms with Crippen molar-refractivity contribution in [1.29, 1.82) is 0 Å². The summed E-state index contributed by atoms with van der Waals surface area (Å²) in [4.78, 5) is 28.9. The van der Waals surface area contributed by atoms with Crippen molar-refractivity contribution >= 4 is 23.2 Å². The topological polar surface area (TPSA) is 88.5 Å². The number of carboxylic acid groups (broad SMARTS) is 1. The zero-order valence-electron chi connectivity index (χ0n) is 13.7. The molecule has 1 aromatic rings. The number of thiazole rings is 1. The Bertz CT molecular complexity index is 583. The van der Waals surface area contributed by atoms with Crippen LogP contribution in [0.1, 0.15) is 72.1 Å². The summed E-state index contributed by atoms with van der Waals surface area (Å²) >= 11 is 1.35. The van der Waals surface area contributed by atoms with Crippen molar-refractivity contribution in [1.82, 2.24) is 10.3 Å². The van der Waals surface area contributed by atoms with E-state index in [0.717, 1.165) is 56.6 Å². The van der Waals surface area contributed by atoms with Crippen LogP contribution in [0.15, 0.2) is 6.20 Å². The molecule has 3 rings (SSSR count). The molecule has 132 valence electrons. The van der Waals surface area contributed by atoms with Crippen LogP contribution in [0.3, 0.4) is 0 Å². The van der Waals surface area contributed by atoms with Gasteiger partial charge in [0, 0.05) is 12.6 Å². The molecule has 1 amide bonds. The van der Waals surface area contributed by atoms with Crippen LogP contribution in [0.5, 0.6) is 0 Å². The van der Waals surface area contributed by atoms with Gasteiger partial charge in [0.1, 0.15) is 16.0 Å². The summed E-state index contributed by atoms with van der Waals surface area (Å²) in [6.45, 7) is 0.744. The number of carbonyl (C=O) groups is 2. The molecule has 0 bridgehead atoms. The number of hydrogen-bond acceptors (Lipinski definition) is 5. The summed E-state index contributed by atoms with van der Waals surface area (Å²) in [5.41, 5.74) is 0. The van der Waals surface area contributed by atoms with E-state index in [2.05, 4.69) is 10.3 Å². The number of nitrogens with one attached hydrogen (secondary N) is 1. The fraction of sp³-hybridized carbons (Fsp3) is 0.706. The third-order valence-corrected chi connectivity index (χ3v) is 5.94. The van der Waals surface area contributed by atoms with Crippen molar-refractivity contribution in [3.8, 4) is 0 Å². The first kappa shape index (κ1) is 17.4. The van der Waals surface area contributed by atoms with Gasteiger partial charge in [-0.2, -0.15) is 0 Å². The predicted octanol–water partition coefficient (Wildman–Crippen LogP) is 3.15. The number of aliphatic carboxylic acids is 1. The number of carboxylic acids is 1. The lowest BCUT2D eigenvalue weighted by Crippen LogP contribution is -2.43. The van der Waals surface area contributed by atoms with Gasteiger partial charge in [-0.15, -0.1) is 11.3 Å². The van der Waals surface area contributed by atoms with Gasteiger partial charge < -0.3 is 15.2 Å². The Morgan fingerprint density at radius 3 is 2.67 bits per heavy atom. The van der Waals surface area contributed by atoms with Crippen LogP contribution in [0.2, 0.25) is 0 Å². The van der Waals surface area contributed by atoms with Crippen molar-refractivity contribution in [3.63, 3.8) is 0 Å². The fourth-order valence-electron chi connectivity index (χ4n) is 3.51. The number of rotatable bonds is 4. The minimum atomic E-state index is -0.813. The summed E-state index contributed by atoms with van der Waals surface area (Å²) in [5.74, 6) is -1.53. The number of amides is 1. The molecule has 2 aliphatic rings. The largest absolute Gasteiger partial charge is 0.481 e. The highest BCUT2D eigenvalue weighted by Crippen LogP contribution is 2.31. The standard InChI is InChI=1S/C17H24N2O4S/c20-15(14-10-18-16(24-14)13-8-5-9-23-13)19-12-7-4-2-1-3-6-11(12)17(21)22/h10-13H,1-9H2,(H,19,20)(H,21,22). The number of carbonyl (C=O) groups excluding carboxylic acids is 1. The molecule has 0 radical (unpaired) electrons. The second-order valence-corrected chi connectivity index (χ2v) is 7.64. The van der Waals surface area contributed by atoms with Crippen molar-refractivity contribution < 1.29 is 19.4 Å². The van der Waals surface area contributed by atoms with Crippen LogP contribution in [-0.2, 0) is 9.53 Å². The van der Waals surface area contributed by atoms with E-state index in [9.17, 15) is 14.7 Å². The van der Waals surface area contributed by atoms with Crippen molar-refractivity contribution in [3.05, 3.63) is 16.1 Å². The Morgan fingerprint density at radius 1 is 1.17 bits per heavy atom. The quantitative estimate of drug-likeness (QED) is 0.869. The third-order valence-electron chi connectivity index (χ3n) is 4.85. The van der Waals surface area contributed by atoms with Gasteiger partial charge in [-0.3, -0.25) is 9.59 Å². The molecule has 24 heavy (non-hydrogen) atoms. The molecule has 0 aromatic carbocycles. The van der Waals surface area contributed by atoms with Crippen LogP contribution in [0.4, 0.5) is 0 Å². The number of ether oxygens (including phenoxy) is 1. The second-order valence-electron chi connectivity index (χ2n) is 6.58. The molecule has 7 heteroatoms. The van der Waals surface area contributed by atoms with Crippen molar-refractivity contribution in [2.75, 3.05) is 6.61 Å². The molecule has 2 N–H and O–H groups in total. The van der Waals surface area contributed by atoms with Gasteiger partial charge in [0.15, 0.2) is 0 Å². The Morgan fingerprint density at radius 2 is 1.96 bits per heavy atom. The molecule has 2 fully saturated rings. The molecule has 1 aromatic heterocycles. The summed E-state index contributed by atoms with van der Waals surface area (Å²) < 4.78 is 5.60. The zero-order valence-corrected chi connectivity index (χ0v) is 14.5. The van der Waals surface area contributed by atoms with Crippen LogP contribution in [0.25, 0.3) is 0 Å². The van der Waals surface area contributed by atoms with Crippen LogP contribution in [-0.4, -0.2) is 34.6 Å². The summed E-state index contributed by atoms with van der Waals surface area (Å²) in [5, 5.41) is 13.3. The highest BCUT2D eigenvalue weighted by Gasteiger charge is 2.31. The molecular formula is C17H24N2O4S. The number of aromatic nitrogens is 1. The summed E-state index contributed by atoms with van der Waals surface area (Å²) in [6, 6.07) is -0.302. The highest BCUT2D eigenvalue weighted by atomic mass is 32.1. The zero-order chi connectivity index (χ0) is 16.9. The van der Waals surface area contributed by atoms with E-state index >= 15 is 0 Å². The van der Waals surface area contributed by atoms with E-state index in [1.54, 1.807) is 6.20 Å². The Labute approximate surface area is 145 Å². The van der Waals surface area contributed by atoms with Gasteiger partial charge in [0.05, 0.1) is 12.1 Å². The molecule has 3 atom stereocenters. The lowest BCUT2D eigenvalue weighted by atomic mass is 9.87. The average molecular weight is 352 g/mol. The van der Waals surface area contributed by atoms with E-state index in [0.29, 0.717) is 11.3 Å². The van der Waals surface area contributed by atoms with E-state index < -0.39 is 11.9 Å². The normalized spacial score (nSPS) is 28.1. The molecule has 0 spiro atoms. The lowest BCUT2D eigenvalue weighted by molar-refractivity contribution is -0.143. The number of hydrogen-bond donors (Lipinski definition) is 2. The van der Waals surface area contributed by atoms with Crippen molar-refractivity contribution in [2.24, 2.45) is 5.92 Å². The first-order chi connectivity index (χ1) is 11.6. The predicted molar refractivity (Wildman–Crippen MR) is 90.1 cm³/mol. The van der Waals surface area contributed by atoms with Gasteiger partial charge in [0.2, 0.25) is 0 Å². The maximum absolute atomic E-state index is 12.5. The van der Waals surface area contributed by atoms with Gasteiger partial charge in [0.25, 0.3) is 5.91 Å². The first-order valence-corrected chi connectivity index (χ1v) is 9.58. The molecule has 1 saturated carbocycles. The lowest BCUT2D eigenvalue weighted by Gasteiger charge is -2.27. The first-order valence-electron chi connectivity index (χ1n) is 8.76. The Balaban J connectivity index is 1.66. The maximum Gasteiger partial charge on any atom is 0.308 e. The smallest absolute Gasteiger partial charge is 0.308 e. The van der Waals surface area contributed by atoms with E-state index in [1.807, 2.05) is 0 Å². The Hall–Kier alpha value is -1.47. The fourth-order valence-corrected chi connectivity index (χ4v) is 4.41. The minimum Gasteiger partial charge on any atom is -0.481 e. The van der Waals surface area contributed by atoms with E-state index in [-0.39, 0.29) is 18.1 Å². The van der Waals surface area contributed by atoms with E-state index in [4.69, 9.17) is 4.74 Å². The highest BCUT2D eigenvalue weighted by molar-refractivity contribution is 7.13. The van der Waals surface area contributed by atoms with Gasteiger partial charge in [-0.25, -0.2) is 4.98 Å². The third kappa shape index (κ3) is 4.13. The Kier molecular flexibility index (Phi) is 5.84. The molecule has 3 unspecified atom stereocenters. The SMILES string of the molecule is O=C(NC1CCCCCCC1C(=O)O)c1cnc(C2CCCO2)s1. The monoisotopic (exact) mass is 352 g/mol. The van der Waals surface area contributed by atoms with Crippen molar-refractivity contribution in [2.45, 2.75) is 63.5 Å². The molecule has 6 nitrogen and oxygen atoms in total.